The molecule has 1 heterocycles. The summed E-state index contributed by atoms with van der Waals surface area (Å²) in [4.78, 5) is 0.270. The lowest BCUT2D eigenvalue weighted by Crippen LogP contribution is -2.20. The molecule has 0 atom stereocenters. The zero-order valence-corrected chi connectivity index (χ0v) is 10.6. The normalized spacial score (nSPS) is 12.0. The van der Waals surface area contributed by atoms with Crippen molar-refractivity contribution in [2.75, 3.05) is 13.6 Å². The van der Waals surface area contributed by atoms with Crippen LogP contribution in [0.2, 0.25) is 0 Å². The summed E-state index contributed by atoms with van der Waals surface area (Å²) in [7, 11) is -2.03. The van der Waals surface area contributed by atoms with E-state index in [0.717, 1.165) is 6.42 Å². The van der Waals surface area contributed by atoms with Crippen molar-refractivity contribution in [3.63, 3.8) is 0 Å². The average Bonchev–Trinajstić information content (AvgIpc) is 2.51. The van der Waals surface area contributed by atoms with Crippen LogP contribution in [0.3, 0.4) is 0 Å². The van der Waals surface area contributed by atoms with Gasteiger partial charge in [-0.2, -0.15) is 5.10 Å². The van der Waals surface area contributed by atoms with E-state index in [1.165, 1.54) is 7.05 Å². The van der Waals surface area contributed by atoms with E-state index in [9.17, 15) is 8.42 Å². The van der Waals surface area contributed by atoms with Crippen molar-refractivity contribution >= 4 is 10.0 Å². The Morgan fingerprint density at radius 2 is 2.06 bits per heavy atom. The van der Waals surface area contributed by atoms with Gasteiger partial charge < -0.3 is 5.73 Å². The Hall–Kier alpha value is -0.920. The minimum atomic E-state index is -3.43. The highest BCUT2D eigenvalue weighted by Gasteiger charge is 2.22. The Balaban J connectivity index is 3.17. The zero-order chi connectivity index (χ0) is 12.3. The summed E-state index contributed by atoms with van der Waals surface area (Å²) in [6, 6.07) is 0. The molecule has 0 aliphatic rings. The number of hydrogen-bond acceptors (Lipinski definition) is 4. The molecule has 1 aromatic rings. The van der Waals surface area contributed by atoms with Crippen LogP contribution in [-0.2, 0) is 16.6 Å². The molecule has 0 unspecified atom stereocenters. The fraction of sp³-hybridized carbons (Fsp3) is 0.667. The number of aryl methyl sites for hydroxylation is 2. The Bertz CT molecular complexity index is 464. The Morgan fingerprint density at radius 1 is 1.44 bits per heavy atom. The largest absolute Gasteiger partial charge is 0.330 e. The molecule has 3 N–H and O–H groups in total. The van der Waals surface area contributed by atoms with Gasteiger partial charge in [-0.25, -0.2) is 13.1 Å². The number of sulfonamides is 1. The summed E-state index contributed by atoms with van der Waals surface area (Å²) in [6.45, 7) is 4.64. The molecular weight excluding hydrogens is 228 g/mol. The first kappa shape index (κ1) is 13.1. The second-order valence-corrected chi connectivity index (χ2v) is 5.40. The van der Waals surface area contributed by atoms with Gasteiger partial charge in [-0.15, -0.1) is 0 Å². The maximum Gasteiger partial charge on any atom is 0.243 e. The van der Waals surface area contributed by atoms with Crippen LogP contribution < -0.4 is 10.5 Å². The monoisotopic (exact) mass is 246 g/mol. The molecule has 0 aliphatic heterocycles. The lowest BCUT2D eigenvalue weighted by molar-refractivity contribution is 0.564. The van der Waals surface area contributed by atoms with E-state index in [1.807, 2.05) is 0 Å². The number of hydrogen-bond donors (Lipinski definition) is 2. The van der Waals surface area contributed by atoms with E-state index in [4.69, 9.17) is 5.73 Å². The van der Waals surface area contributed by atoms with Crippen LogP contribution in [0.5, 0.6) is 0 Å². The van der Waals surface area contributed by atoms with Gasteiger partial charge in [-0.3, -0.25) is 4.68 Å². The first-order chi connectivity index (χ1) is 7.44. The van der Waals surface area contributed by atoms with Crippen molar-refractivity contribution in [1.29, 1.82) is 0 Å². The van der Waals surface area contributed by atoms with Crippen LogP contribution in [0.15, 0.2) is 4.90 Å². The number of nitrogens with one attached hydrogen (secondary N) is 1. The minimum absolute atomic E-state index is 0.270. The van der Waals surface area contributed by atoms with E-state index in [2.05, 4.69) is 9.82 Å². The van der Waals surface area contributed by atoms with Crippen LogP contribution >= 0.6 is 0 Å². The predicted octanol–water partition coefficient (Wildman–Crippen LogP) is -0.243. The third-order valence-corrected chi connectivity index (χ3v) is 4.09. The molecule has 6 nitrogen and oxygen atoms in total. The van der Waals surface area contributed by atoms with E-state index < -0.39 is 10.0 Å². The lowest BCUT2D eigenvalue weighted by Gasteiger charge is -2.04. The Labute approximate surface area is 95.9 Å². The van der Waals surface area contributed by atoms with Gasteiger partial charge in [0.1, 0.15) is 4.90 Å². The molecular formula is C9H18N4O2S. The van der Waals surface area contributed by atoms with Crippen LogP contribution in [0.1, 0.15) is 17.8 Å². The minimum Gasteiger partial charge on any atom is -0.330 e. The second kappa shape index (κ2) is 4.94. The topological polar surface area (TPSA) is 90.0 Å². The van der Waals surface area contributed by atoms with Gasteiger partial charge >= 0.3 is 0 Å². The number of aromatic nitrogens is 2. The third kappa shape index (κ3) is 2.42. The molecule has 16 heavy (non-hydrogen) atoms. The molecule has 0 aliphatic carbocycles. The number of rotatable bonds is 5. The van der Waals surface area contributed by atoms with Crippen molar-refractivity contribution in [1.82, 2.24) is 14.5 Å². The maximum absolute atomic E-state index is 11.7. The fourth-order valence-electron chi connectivity index (χ4n) is 1.63. The molecule has 0 radical (unpaired) electrons. The summed E-state index contributed by atoms with van der Waals surface area (Å²) >= 11 is 0. The summed E-state index contributed by atoms with van der Waals surface area (Å²) in [6.07, 6.45) is 0.779. The SMILES string of the molecule is CNS(=O)(=O)c1c(C)nn(CCCN)c1C. The fourth-order valence-corrected chi connectivity index (χ4v) is 2.76. The highest BCUT2D eigenvalue weighted by molar-refractivity contribution is 7.89. The van der Waals surface area contributed by atoms with Gasteiger partial charge in [0.15, 0.2) is 0 Å². The average molecular weight is 246 g/mol. The van der Waals surface area contributed by atoms with Crippen LogP contribution in [0.25, 0.3) is 0 Å². The molecule has 0 bridgehead atoms. The van der Waals surface area contributed by atoms with Crippen molar-refractivity contribution in [2.45, 2.75) is 31.7 Å². The molecule has 0 saturated heterocycles. The standard InChI is InChI=1S/C9H18N4O2S/c1-7-9(16(14,15)11-3)8(2)13(12-7)6-4-5-10/h11H,4-6,10H2,1-3H3. The van der Waals surface area contributed by atoms with Crippen LogP contribution in [-0.4, -0.2) is 31.8 Å². The third-order valence-electron chi connectivity index (χ3n) is 2.43. The van der Waals surface area contributed by atoms with Gasteiger partial charge in [0.25, 0.3) is 0 Å². The number of nitrogens with zero attached hydrogens (tertiary/aromatic N) is 2. The van der Waals surface area contributed by atoms with Gasteiger partial charge in [-0.1, -0.05) is 0 Å². The van der Waals surface area contributed by atoms with Crippen LogP contribution in [0, 0.1) is 13.8 Å². The molecule has 1 rings (SSSR count). The molecule has 0 saturated carbocycles. The summed E-state index contributed by atoms with van der Waals surface area (Å²) < 4.78 is 27.5. The van der Waals surface area contributed by atoms with Gasteiger partial charge in [0, 0.05) is 6.54 Å². The van der Waals surface area contributed by atoms with E-state index in [1.54, 1.807) is 18.5 Å². The smallest absolute Gasteiger partial charge is 0.243 e. The molecule has 92 valence electrons. The summed E-state index contributed by atoms with van der Waals surface area (Å²) in [5.74, 6) is 0. The number of nitrogens with two attached hydrogens (primary N) is 1. The van der Waals surface area contributed by atoms with E-state index in [0.29, 0.717) is 24.5 Å². The van der Waals surface area contributed by atoms with Gasteiger partial charge in [-0.05, 0) is 33.9 Å². The van der Waals surface area contributed by atoms with E-state index in [-0.39, 0.29) is 4.90 Å². The first-order valence-electron chi connectivity index (χ1n) is 5.11. The molecule has 7 heteroatoms. The quantitative estimate of drug-likeness (QED) is 0.750. The highest BCUT2D eigenvalue weighted by atomic mass is 32.2. The van der Waals surface area contributed by atoms with Gasteiger partial charge in [0.05, 0.1) is 11.4 Å². The van der Waals surface area contributed by atoms with Gasteiger partial charge in [0.2, 0.25) is 10.0 Å². The maximum atomic E-state index is 11.7. The first-order valence-corrected chi connectivity index (χ1v) is 6.60. The predicted molar refractivity (Wildman–Crippen MR) is 61.6 cm³/mol. The molecule has 0 amide bonds. The lowest BCUT2D eigenvalue weighted by atomic mass is 10.4. The van der Waals surface area contributed by atoms with Crippen molar-refractivity contribution < 1.29 is 8.42 Å². The second-order valence-electron chi connectivity index (χ2n) is 3.57. The summed E-state index contributed by atoms with van der Waals surface area (Å²) in [5.41, 5.74) is 6.58. The van der Waals surface area contributed by atoms with Crippen molar-refractivity contribution in [2.24, 2.45) is 5.73 Å². The molecule has 0 aromatic carbocycles. The zero-order valence-electron chi connectivity index (χ0n) is 9.82. The van der Waals surface area contributed by atoms with Crippen LogP contribution in [0.4, 0.5) is 0 Å². The Morgan fingerprint density at radius 3 is 2.56 bits per heavy atom. The Kier molecular flexibility index (Phi) is 4.06. The molecule has 0 spiro atoms. The highest BCUT2D eigenvalue weighted by Crippen LogP contribution is 2.18. The van der Waals surface area contributed by atoms with Crippen molar-refractivity contribution in [3.8, 4) is 0 Å². The molecule has 1 aromatic heterocycles. The van der Waals surface area contributed by atoms with E-state index >= 15 is 0 Å². The van der Waals surface area contributed by atoms with Crippen molar-refractivity contribution in [3.05, 3.63) is 11.4 Å². The summed E-state index contributed by atoms with van der Waals surface area (Å²) in [5, 5.41) is 4.20. The molecule has 0 fully saturated rings.